The number of piperazine rings is 1. The molecule has 4 aromatic rings. The van der Waals surface area contributed by atoms with Gasteiger partial charge in [0, 0.05) is 44.5 Å². The number of hydrogen-bond donors (Lipinski definition) is 1. The highest BCUT2D eigenvalue weighted by molar-refractivity contribution is 6.27. The molecular weight excluding hydrogens is 576 g/mol. The van der Waals surface area contributed by atoms with E-state index in [2.05, 4.69) is 34.5 Å². The highest BCUT2D eigenvalue weighted by atomic mass is 19.1. The summed E-state index contributed by atoms with van der Waals surface area (Å²) in [5, 5.41) is 12.5. The molecule has 8 nitrogen and oxygen atoms in total. The average molecular weight is 606 g/mol. The summed E-state index contributed by atoms with van der Waals surface area (Å²) in [6.45, 7) is 3.72. The first-order chi connectivity index (χ1) is 21.8. The summed E-state index contributed by atoms with van der Waals surface area (Å²) in [5.41, 5.74) is 4.44. The van der Waals surface area contributed by atoms with Crippen molar-refractivity contribution in [2.24, 2.45) is 0 Å². The van der Waals surface area contributed by atoms with Crippen molar-refractivity contribution in [1.29, 1.82) is 5.26 Å². The van der Waals surface area contributed by atoms with Crippen molar-refractivity contribution < 1.29 is 23.2 Å². The molecule has 3 aliphatic heterocycles. The normalized spacial score (nSPS) is 18.4. The summed E-state index contributed by atoms with van der Waals surface area (Å²) < 4.78 is 29.5. The van der Waals surface area contributed by atoms with Gasteiger partial charge in [-0.15, -0.1) is 0 Å². The van der Waals surface area contributed by atoms with Crippen LogP contribution in [0.15, 0.2) is 66.7 Å². The summed E-state index contributed by atoms with van der Waals surface area (Å²) in [5.74, 6) is -2.49. The minimum atomic E-state index is -0.872. The third-order valence-corrected chi connectivity index (χ3v) is 9.03. The molecule has 2 saturated heterocycles. The Kier molecular flexibility index (Phi) is 7.26. The Labute approximate surface area is 258 Å². The van der Waals surface area contributed by atoms with Crippen LogP contribution >= 0.6 is 0 Å². The summed E-state index contributed by atoms with van der Waals surface area (Å²) in [6.07, 6.45) is 0.877. The van der Waals surface area contributed by atoms with Crippen molar-refractivity contribution in [3.8, 4) is 6.07 Å². The molecular formula is C35H29F2N5O3. The molecule has 0 spiro atoms. The predicted molar refractivity (Wildman–Crippen MR) is 165 cm³/mol. The van der Waals surface area contributed by atoms with E-state index in [0.29, 0.717) is 41.8 Å². The van der Waals surface area contributed by atoms with E-state index in [1.165, 1.54) is 17.0 Å². The predicted octanol–water partition coefficient (Wildman–Crippen LogP) is 4.67. The minimum Gasteiger partial charge on any atom is -0.367 e. The third-order valence-electron chi connectivity index (χ3n) is 9.03. The Morgan fingerprint density at radius 2 is 1.58 bits per heavy atom. The SMILES string of the molecule is N#Cc1ccc(N2CCN(Cc3ccc(Cc4ccc5c6c(c(F)ccc46)C(=O)N5C4CCC(=O)NC4=O)cc3)CC2)c(F)c1. The number of rotatable bonds is 6. The maximum absolute atomic E-state index is 15.0. The van der Waals surface area contributed by atoms with Gasteiger partial charge in [-0.2, -0.15) is 5.26 Å². The molecule has 0 bridgehead atoms. The fourth-order valence-corrected chi connectivity index (χ4v) is 6.72. The zero-order valence-electron chi connectivity index (χ0n) is 24.4. The van der Waals surface area contributed by atoms with Crippen molar-refractivity contribution in [2.75, 3.05) is 36.0 Å². The molecule has 45 heavy (non-hydrogen) atoms. The molecule has 3 amide bonds. The van der Waals surface area contributed by atoms with Crippen molar-refractivity contribution in [3.63, 3.8) is 0 Å². The van der Waals surface area contributed by atoms with Crippen LogP contribution in [0.4, 0.5) is 20.2 Å². The standard InChI is InChI=1S/C35H29F2N5O3/c36-26-8-7-25-24(6-10-29-32(25)33(26)35(45)42(29)30-11-12-31(43)39-34(30)44)17-21-1-3-22(4-2-21)20-40-13-15-41(16-14-40)28-9-5-23(19-38)18-27(28)37/h1-10,18,30H,11-17,20H2,(H,39,43,44). The second-order valence-electron chi connectivity index (χ2n) is 11.8. The maximum atomic E-state index is 15.0. The van der Waals surface area contributed by atoms with Crippen LogP contribution in [0.2, 0.25) is 0 Å². The van der Waals surface area contributed by atoms with Gasteiger partial charge in [0.1, 0.15) is 17.7 Å². The Balaban J connectivity index is 1.05. The molecule has 4 aromatic carbocycles. The molecule has 10 heteroatoms. The summed E-state index contributed by atoms with van der Waals surface area (Å²) in [7, 11) is 0. The van der Waals surface area contributed by atoms with Crippen LogP contribution < -0.4 is 15.1 Å². The number of carbonyl (C=O) groups is 3. The molecule has 0 aliphatic carbocycles. The van der Waals surface area contributed by atoms with Crippen LogP contribution in [0, 0.1) is 23.0 Å². The Morgan fingerprint density at radius 3 is 2.29 bits per heavy atom. The lowest BCUT2D eigenvalue weighted by atomic mass is 9.95. The van der Waals surface area contributed by atoms with E-state index in [1.54, 1.807) is 24.3 Å². The van der Waals surface area contributed by atoms with Gasteiger partial charge in [0.2, 0.25) is 11.8 Å². The average Bonchev–Trinajstić information content (AvgIpc) is 3.34. The van der Waals surface area contributed by atoms with Gasteiger partial charge < -0.3 is 4.90 Å². The number of piperidine rings is 1. The largest absolute Gasteiger partial charge is 0.367 e. The molecule has 0 saturated carbocycles. The molecule has 2 fully saturated rings. The van der Waals surface area contributed by atoms with Gasteiger partial charge in [0.15, 0.2) is 0 Å². The van der Waals surface area contributed by atoms with Gasteiger partial charge in [-0.3, -0.25) is 29.5 Å². The van der Waals surface area contributed by atoms with E-state index in [0.717, 1.165) is 41.7 Å². The van der Waals surface area contributed by atoms with Crippen LogP contribution in [0.1, 0.15) is 45.5 Å². The zero-order valence-corrected chi connectivity index (χ0v) is 24.4. The minimum absolute atomic E-state index is 0.0357. The van der Waals surface area contributed by atoms with Crippen molar-refractivity contribution in [1.82, 2.24) is 10.2 Å². The highest BCUT2D eigenvalue weighted by Crippen LogP contribution is 2.42. The zero-order chi connectivity index (χ0) is 31.2. The van der Waals surface area contributed by atoms with E-state index in [-0.39, 0.29) is 30.1 Å². The van der Waals surface area contributed by atoms with E-state index in [9.17, 15) is 18.8 Å². The quantitative estimate of drug-likeness (QED) is 0.321. The lowest BCUT2D eigenvalue weighted by molar-refractivity contribution is -0.134. The third kappa shape index (κ3) is 5.19. The van der Waals surface area contributed by atoms with Crippen LogP contribution in [0.25, 0.3) is 10.8 Å². The summed E-state index contributed by atoms with van der Waals surface area (Å²) in [4.78, 5) is 43.4. The van der Waals surface area contributed by atoms with E-state index >= 15 is 4.39 Å². The highest BCUT2D eigenvalue weighted by Gasteiger charge is 2.42. The van der Waals surface area contributed by atoms with Gasteiger partial charge in [-0.25, -0.2) is 8.78 Å². The van der Waals surface area contributed by atoms with Gasteiger partial charge in [-0.05, 0) is 65.3 Å². The van der Waals surface area contributed by atoms with Crippen molar-refractivity contribution in [2.45, 2.75) is 31.8 Å². The molecule has 1 N–H and O–H groups in total. The molecule has 226 valence electrons. The maximum Gasteiger partial charge on any atom is 0.262 e. The van der Waals surface area contributed by atoms with Gasteiger partial charge >= 0.3 is 0 Å². The van der Waals surface area contributed by atoms with Gasteiger partial charge in [-0.1, -0.05) is 36.4 Å². The van der Waals surface area contributed by atoms with Crippen LogP contribution in [0.3, 0.4) is 0 Å². The fraction of sp³-hybridized carbons (Fsp3) is 0.257. The molecule has 7 rings (SSSR count). The topological polar surface area (TPSA) is 96.8 Å². The van der Waals surface area contributed by atoms with E-state index in [1.807, 2.05) is 17.0 Å². The number of benzene rings is 4. The lowest BCUT2D eigenvalue weighted by Gasteiger charge is -2.36. The second-order valence-corrected chi connectivity index (χ2v) is 11.8. The molecule has 0 aromatic heterocycles. The number of carbonyl (C=O) groups excluding carboxylic acids is 3. The number of nitrogens with zero attached hydrogens (tertiary/aromatic N) is 4. The van der Waals surface area contributed by atoms with Crippen molar-refractivity contribution >= 4 is 39.9 Å². The molecule has 1 unspecified atom stereocenters. The van der Waals surface area contributed by atoms with Gasteiger partial charge in [0.25, 0.3) is 5.91 Å². The van der Waals surface area contributed by atoms with Crippen LogP contribution in [0.5, 0.6) is 0 Å². The van der Waals surface area contributed by atoms with Crippen LogP contribution in [-0.4, -0.2) is 54.8 Å². The Bertz CT molecular complexity index is 1910. The number of imide groups is 1. The monoisotopic (exact) mass is 605 g/mol. The molecule has 1 atom stereocenters. The van der Waals surface area contributed by atoms with E-state index < -0.39 is 23.7 Å². The lowest BCUT2D eigenvalue weighted by Crippen LogP contribution is -2.53. The number of nitrogens with one attached hydrogen (secondary N) is 1. The molecule has 3 aliphatic rings. The number of anilines is 2. The summed E-state index contributed by atoms with van der Waals surface area (Å²) >= 11 is 0. The van der Waals surface area contributed by atoms with Crippen molar-refractivity contribution in [3.05, 3.63) is 106 Å². The first-order valence-electron chi connectivity index (χ1n) is 15.0. The van der Waals surface area contributed by atoms with E-state index in [4.69, 9.17) is 5.26 Å². The smallest absolute Gasteiger partial charge is 0.262 e. The number of hydrogen-bond acceptors (Lipinski definition) is 6. The molecule has 0 radical (unpaired) electrons. The Morgan fingerprint density at radius 1 is 0.844 bits per heavy atom. The number of amides is 3. The fourth-order valence-electron chi connectivity index (χ4n) is 6.72. The number of nitriles is 1. The second kappa shape index (κ2) is 11.4. The van der Waals surface area contributed by atoms with Gasteiger partial charge in [0.05, 0.1) is 28.6 Å². The first kappa shape index (κ1) is 28.6. The molecule has 3 heterocycles. The first-order valence-corrected chi connectivity index (χ1v) is 15.0. The van der Waals surface area contributed by atoms with Crippen LogP contribution in [-0.2, 0) is 22.6 Å². The number of halogens is 2. The Hall–Kier alpha value is -5.14. The summed E-state index contributed by atoms with van der Waals surface area (Å²) in [6, 6.07) is 20.7.